The Hall–Kier alpha value is -1.41. The highest BCUT2D eigenvalue weighted by Crippen LogP contribution is 2.15. The van der Waals surface area contributed by atoms with Gasteiger partial charge in [-0.1, -0.05) is 26.0 Å². The number of fused-ring (bicyclic) bond motifs is 1. The van der Waals surface area contributed by atoms with Gasteiger partial charge in [0.05, 0.1) is 5.52 Å². The highest BCUT2D eigenvalue weighted by molar-refractivity contribution is 5.79. The molecule has 0 amide bonds. The summed E-state index contributed by atoms with van der Waals surface area (Å²) in [5.74, 6) is 0.786. The van der Waals surface area contributed by atoms with Gasteiger partial charge in [-0.05, 0) is 56.4 Å². The van der Waals surface area contributed by atoms with E-state index < -0.39 is 0 Å². The van der Waals surface area contributed by atoms with Crippen LogP contribution in [-0.4, -0.2) is 11.0 Å². The van der Waals surface area contributed by atoms with Crippen LogP contribution >= 0.6 is 0 Å². The Bertz CT molecular complexity index is 560. The molecule has 0 saturated heterocycles. The topological polar surface area (TPSA) is 24.9 Å². The van der Waals surface area contributed by atoms with Crippen molar-refractivity contribution in [1.82, 2.24) is 10.3 Å². The molecule has 0 aliphatic carbocycles. The number of benzene rings is 1. The zero-order chi connectivity index (χ0) is 14.5. The third-order valence-corrected chi connectivity index (χ3v) is 3.72. The van der Waals surface area contributed by atoms with Crippen LogP contribution in [0.15, 0.2) is 30.3 Å². The first kappa shape index (κ1) is 15.0. The van der Waals surface area contributed by atoms with Crippen molar-refractivity contribution in [3.8, 4) is 0 Å². The Labute approximate surface area is 122 Å². The van der Waals surface area contributed by atoms with Crippen molar-refractivity contribution >= 4 is 10.9 Å². The van der Waals surface area contributed by atoms with Gasteiger partial charge in [-0.25, -0.2) is 0 Å². The Morgan fingerprint density at radius 3 is 2.60 bits per heavy atom. The molecule has 2 rings (SSSR count). The summed E-state index contributed by atoms with van der Waals surface area (Å²) < 4.78 is 0. The van der Waals surface area contributed by atoms with Crippen molar-refractivity contribution in [3.05, 3.63) is 41.6 Å². The van der Waals surface area contributed by atoms with E-state index in [1.165, 1.54) is 23.8 Å². The monoisotopic (exact) mass is 270 g/mol. The summed E-state index contributed by atoms with van der Waals surface area (Å²) in [5, 5.41) is 4.84. The average Bonchev–Trinajstić information content (AvgIpc) is 2.42. The first-order chi connectivity index (χ1) is 9.54. The smallest absolute Gasteiger partial charge is 0.0705 e. The van der Waals surface area contributed by atoms with Gasteiger partial charge in [0, 0.05) is 23.7 Å². The number of nitrogens with one attached hydrogen (secondary N) is 1. The number of hydrogen-bond acceptors (Lipinski definition) is 2. The van der Waals surface area contributed by atoms with E-state index in [1.807, 2.05) is 6.92 Å². The van der Waals surface area contributed by atoms with Crippen LogP contribution in [0.4, 0.5) is 0 Å². The Kier molecular flexibility index (Phi) is 5.13. The van der Waals surface area contributed by atoms with E-state index in [1.54, 1.807) is 0 Å². The van der Waals surface area contributed by atoms with Crippen LogP contribution in [0, 0.1) is 12.8 Å². The van der Waals surface area contributed by atoms with Crippen molar-refractivity contribution < 1.29 is 0 Å². The number of nitrogens with zero attached hydrogens (tertiary/aromatic N) is 1. The van der Waals surface area contributed by atoms with E-state index in [4.69, 9.17) is 0 Å². The molecule has 1 aromatic carbocycles. The molecular weight excluding hydrogens is 244 g/mol. The van der Waals surface area contributed by atoms with Crippen LogP contribution in [0.2, 0.25) is 0 Å². The maximum Gasteiger partial charge on any atom is 0.0705 e. The van der Waals surface area contributed by atoms with E-state index in [0.29, 0.717) is 6.04 Å². The second-order valence-electron chi connectivity index (χ2n) is 6.23. The predicted molar refractivity (Wildman–Crippen MR) is 86.9 cm³/mol. The number of pyridine rings is 1. The fourth-order valence-electron chi connectivity index (χ4n) is 2.36. The van der Waals surface area contributed by atoms with Gasteiger partial charge in [-0.2, -0.15) is 0 Å². The fourth-order valence-corrected chi connectivity index (χ4v) is 2.36. The fraction of sp³-hybridized carbons (Fsp3) is 0.500. The van der Waals surface area contributed by atoms with Crippen LogP contribution in [0.1, 0.15) is 44.9 Å². The molecule has 1 unspecified atom stereocenters. The lowest BCUT2D eigenvalue weighted by atomic mass is 10.0. The van der Waals surface area contributed by atoms with E-state index in [2.05, 4.69) is 61.4 Å². The normalized spacial score (nSPS) is 13.1. The molecule has 20 heavy (non-hydrogen) atoms. The SMILES string of the molecule is Cc1ccc2cc(CNC(C)CCC(C)C)ccc2n1. The van der Waals surface area contributed by atoms with Crippen LogP contribution in [0.5, 0.6) is 0 Å². The van der Waals surface area contributed by atoms with Crippen LogP contribution in [-0.2, 0) is 6.54 Å². The summed E-state index contributed by atoms with van der Waals surface area (Å²) in [5.41, 5.74) is 3.49. The molecule has 108 valence electrons. The van der Waals surface area contributed by atoms with Crippen molar-refractivity contribution in [2.24, 2.45) is 5.92 Å². The molecular formula is C18H26N2. The van der Waals surface area contributed by atoms with Gasteiger partial charge in [0.1, 0.15) is 0 Å². The second-order valence-corrected chi connectivity index (χ2v) is 6.23. The van der Waals surface area contributed by atoms with Crippen LogP contribution in [0.3, 0.4) is 0 Å². The van der Waals surface area contributed by atoms with E-state index in [0.717, 1.165) is 23.7 Å². The summed E-state index contributed by atoms with van der Waals surface area (Å²) in [6.45, 7) is 9.80. The first-order valence-corrected chi connectivity index (χ1v) is 7.64. The molecule has 0 aliphatic heterocycles. The zero-order valence-electron chi connectivity index (χ0n) is 13.1. The third kappa shape index (κ3) is 4.31. The van der Waals surface area contributed by atoms with E-state index in [-0.39, 0.29) is 0 Å². The minimum atomic E-state index is 0.573. The quantitative estimate of drug-likeness (QED) is 0.838. The Balaban J connectivity index is 1.94. The molecule has 1 atom stereocenters. The summed E-state index contributed by atoms with van der Waals surface area (Å²) in [6, 6.07) is 11.3. The van der Waals surface area contributed by atoms with Gasteiger partial charge < -0.3 is 5.32 Å². The van der Waals surface area contributed by atoms with Gasteiger partial charge in [-0.15, -0.1) is 0 Å². The van der Waals surface area contributed by atoms with Crippen molar-refractivity contribution in [2.45, 2.75) is 53.1 Å². The molecule has 2 heteroatoms. The molecule has 2 aromatic rings. The van der Waals surface area contributed by atoms with Crippen LogP contribution in [0.25, 0.3) is 10.9 Å². The summed E-state index contributed by atoms with van der Waals surface area (Å²) >= 11 is 0. The molecule has 1 aromatic heterocycles. The molecule has 1 heterocycles. The lowest BCUT2D eigenvalue weighted by Gasteiger charge is -2.15. The van der Waals surface area contributed by atoms with Gasteiger partial charge >= 0.3 is 0 Å². The minimum Gasteiger partial charge on any atom is -0.310 e. The van der Waals surface area contributed by atoms with Gasteiger partial charge in [-0.3, -0.25) is 4.98 Å². The molecule has 2 nitrogen and oxygen atoms in total. The average molecular weight is 270 g/mol. The summed E-state index contributed by atoms with van der Waals surface area (Å²) in [7, 11) is 0. The summed E-state index contributed by atoms with van der Waals surface area (Å²) in [6.07, 6.45) is 2.53. The maximum atomic E-state index is 4.54. The minimum absolute atomic E-state index is 0.573. The van der Waals surface area contributed by atoms with Gasteiger partial charge in [0.25, 0.3) is 0 Å². The highest BCUT2D eigenvalue weighted by Gasteiger charge is 2.04. The van der Waals surface area contributed by atoms with Crippen molar-refractivity contribution in [1.29, 1.82) is 0 Å². The van der Waals surface area contributed by atoms with Crippen LogP contribution < -0.4 is 5.32 Å². The highest BCUT2D eigenvalue weighted by atomic mass is 14.9. The first-order valence-electron chi connectivity index (χ1n) is 7.64. The maximum absolute atomic E-state index is 4.54. The molecule has 0 saturated carbocycles. The molecule has 0 fully saturated rings. The summed E-state index contributed by atoms with van der Waals surface area (Å²) in [4.78, 5) is 4.54. The van der Waals surface area contributed by atoms with E-state index >= 15 is 0 Å². The Morgan fingerprint density at radius 1 is 1.05 bits per heavy atom. The second kappa shape index (κ2) is 6.85. The number of aromatic nitrogens is 1. The zero-order valence-corrected chi connectivity index (χ0v) is 13.1. The Morgan fingerprint density at radius 2 is 1.85 bits per heavy atom. The lowest BCUT2D eigenvalue weighted by Crippen LogP contribution is -2.25. The molecule has 0 spiro atoms. The standard InChI is InChI=1S/C18H26N2/c1-13(2)5-6-14(3)19-12-16-8-10-18-17(11-16)9-7-15(4)20-18/h7-11,13-14,19H,5-6,12H2,1-4H3. The number of aryl methyl sites for hydroxylation is 1. The van der Waals surface area contributed by atoms with Gasteiger partial charge in [0.2, 0.25) is 0 Å². The van der Waals surface area contributed by atoms with Crippen molar-refractivity contribution in [2.75, 3.05) is 0 Å². The van der Waals surface area contributed by atoms with E-state index in [9.17, 15) is 0 Å². The largest absolute Gasteiger partial charge is 0.310 e. The molecule has 0 radical (unpaired) electrons. The number of rotatable bonds is 6. The predicted octanol–water partition coefficient (Wildman–Crippen LogP) is 4.46. The molecule has 1 N–H and O–H groups in total. The molecule has 0 bridgehead atoms. The number of hydrogen-bond donors (Lipinski definition) is 1. The molecule has 0 aliphatic rings. The third-order valence-electron chi connectivity index (χ3n) is 3.72. The lowest BCUT2D eigenvalue weighted by molar-refractivity contribution is 0.451. The van der Waals surface area contributed by atoms with Crippen molar-refractivity contribution in [3.63, 3.8) is 0 Å². The van der Waals surface area contributed by atoms with Gasteiger partial charge in [0.15, 0.2) is 0 Å².